The van der Waals surface area contributed by atoms with Crippen LogP contribution in [0.4, 0.5) is 0 Å². The van der Waals surface area contributed by atoms with E-state index in [4.69, 9.17) is 20.9 Å². The number of nitrogens with one attached hydrogen (secondary N) is 1. The standard InChI is InChI=1S/C19H18ClN3O3/c1-12-5-3-6-14(9-12)18-22-17(26-23-18)11-21-19(24)13(2)25-16-8-4-7-15(20)10-16/h3-10,13H,11H2,1-2H3,(H,21,24)/t13-/m1/s1. The number of hydrogen-bond donors (Lipinski definition) is 1. The molecule has 0 saturated carbocycles. The summed E-state index contributed by atoms with van der Waals surface area (Å²) in [6, 6.07) is 14.7. The smallest absolute Gasteiger partial charge is 0.261 e. The molecule has 1 aromatic heterocycles. The average Bonchev–Trinajstić information content (AvgIpc) is 3.08. The van der Waals surface area contributed by atoms with Crippen LogP contribution in [0.1, 0.15) is 18.4 Å². The number of carbonyl (C=O) groups excluding carboxylic acids is 1. The molecule has 3 aromatic rings. The van der Waals surface area contributed by atoms with Crippen molar-refractivity contribution in [2.75, 3.05) is 0 Å². The number of hydrogen-bond acceptors (Lipinski definition) is 5. The van der Waals surface area contributed by atoms with Crippen LogP contribution in [-0.2, 0) is 11.3 Å². The van der Waals surface area contributed by atoms with E-state index in [2.05, 4.69) is 15.5 Å². The van der Waals surface area contributed by atoms with Gasteiger partial charge in [-0.2, -0.15) is 4.98 Å². The van der Waals surface area contributed by atoms with Crippen LogP contribution in [0.2, 0.25) is 5.02 Å². The van der Waals surface area contributed by atoms with Gasteiger partial charge in [-0.15, -0.1) is 0 Å². The Bertz CT molecular complexity index is 910. The van der Waals surface area contributed by atoms with Gasteiger partial charge < -0.3 is 14.6 Å². The molecule has 7 heteroatoms. The van der Waals surface area contributed by atoms with Gasteiger partial charge in [-0.05, 0) is 38.1 Å². The van der Waals surface area contributed by atoms with E-state index in [-0.39, 0.29) is 12.5 Å². The highest BCUT2D eigenvalue weighted by molar-refractivity contribution is 6.30. The summed E-state index contributed by atoms with van der Waals surface area (Å²) in [6.07, 6.45) is -0.687. The predicted molar refractivity (Wildman–Crippen MR) is 97.9 cm³/mol. The molecule has 0 fully saturated rings. The minimum Gasteiger partial charge on any atom is -0.481 e. The van der Waals surface area contributed by atoms with Gasteiger partial charge in [-0.25, -0.2) is 0 Å². The van der Waals surface area contributed by atoms with Gasteiger partial charge in [0.05, 0.1) is 6.54 Å². The van der Waals surface area contributed by atoms with Gasteiger partial charge in [0.25, 0.3) is 5.91 Å². The minimum atomic E-state index is -0.687. The quantitative estimate of drug-likeness (QED) is 0.713. The second-order valence-corrected chi connectivity index (χ2v) is 6.25. The first-order valence-electron chi connectivity index (χ1n) is 8.11. The molecule has 1 atom stereocenters. The van der Waals surface area contributed by atoms with Crippen LogP contribution in [0.3, 0.4) is 0 Å². The highest BCUT2D eigenvalue weighted by Crippen LogP contribution is 2.19. The molecule has 0 unspecified atom stereocenters. The van der Waals surface area contributed by atoms with Gasteiger partial charge in [0, 0.05) is 10.6 Å². The second kappa shape index (κ2) is 8.01. The van der Waals surface area contributed by atoms with Crippen molar-refractivity contribution in [3.8, 4) is 17.1 Å². The van der Waals surface area contributed by atoms with E-state index in [1.54, 1.807) is 31.2 Å². The summed E-state index contributed by atoms with van der Waals surface area (Å²) in [5.74, 6) is 1.05. The lowest BCUT2D eigenvalue weighted by molar-refractivity contribution is -0.127. The first-order valence-corrected chi connectivity index (χ1v) is 8.48. The summed E-state index contributed by atoms with van der Waals surface area (Å²) < 4.78 is 10.8. The molecule has 0 saturated heterocycles. The summed E-state index contributed by atoms with van der Waals surface area (Å²) in [4.78, 5) is 16.5. The SMILES string of the molecule is Cc1cccc(-c2noc(CNC(=O)[C@@H](C)Oc3cccc(Cl)c3)n2)c1. The summed E-state index contributed by atoms with van der Waals surface area (Å²) in [5, 5.41) is 7.21. The lowest BCUT2D eigenvalue weighted by atomic mass is 10.1. The predicted octanol–water partition coefficient (Wildman–Crippen LogP) is 3.78. The molecule has 0 aliphatic heterocycles. The molecule has 0 aliphatic carbocycles. The molecule has 26 heavy (non-hydrogen) atoms. The summed E-state index contributed by atoms with van der Waals surface area (Å²) in [5.41, 5.74) is 1.97. The van der Waals surface area contributed by atoms with Gasteiger partial charge in [0.2, 0.25) is 11.7 Å². The maximum absolute atomic E-state index is 12.2. The normalized spacial score (nSPS) is 11.8. The zero-order chi connectivity index (χ0) is 18.5. The summed E-state index contributed by atoms with van der Waals surface area (Å²) >= 11 is 5.90. The van der Waals surface area contributed by atoms with Crippen LogP contribution >= 0.6 is 11.6 Å². The van der Waals surface area contributed by atoms with Crippen LogP contribution in [0.15, 0.2) is 53.1 Å². The van der Waals surface area contributed by atoms with Crippen molar-refractivity contribution in [3.05, 3.63) is 65.0 Å². The van der Waals surface area contributed by atoms with Crippen molar-refractivity contribution >= 4 is 17.5 Å². The van der Waals surface area contributed by atoms with Crippen molar-refractivity contribution in [2.45, 2.75) is 26.5 Å². The average molecular weight is 372 g/mol. The molecule has 2 aromatic carbocycles. The molecule has 1 heterocycles. The number of halogens is 1. The molecule has 134 valence electrons. The monoisotopic (exact) mass is 371 g/mol. The summed E-state index contributed by atoms with van der Waals surface area (Å²) in [7, 11) is 0. The van der Waals surface area contributed by atoms with Crippen LogP contribution in [-0.4, -0.2) is 22.2 Å². The first kappa shape index (κ1) is 17.9. The molecule has 0 spiro atoms. The Kier molecular flexibility index (Phi) is 5.53. The van der Waals surface area contributed by atoms with Crippen LogP contribution in [0, 0.1) is 6.92 Å². The fraction of sp³-hybridized carbons (Fsp3) is 0.211. The molecule has 0 aliphatic rings. The molecule has 0 bridgehead atoms. The fourth-order valence-electron chi connectivity index (χ4n) is 2.33. The number of ether oxygens (including phenoxy) is 1. The highest BCUT2D eigenvalue weighted by Gasteiger charge is 2.16. The van der Waals surface area contributed by atoms with Crippen molar-refractivity contribution in [1.29, 1.82) is 0 Å². The number of benzene rings is 2. The summed E-state index contributed by atoms with van der Waals surface area (Å²) in [6.45, 7) is 3.77. The number of aromatic nitrogens is 2. The van der Waals surface area contributed by atoms with Crippen molar-refractivity contribution in [1.82, 2.24) is 15.5 Å². The maximum Gasteiger partial charge on any atom is 0.261 e. The zero-order valence-electron chi connectivity index (χ0n) is 14.4. The van der Waals surface area contributed by atoms with Gasteiger partial charge >= 0.3 is 0 Å². The van der Waals surface area contributed by atoms with E-state index in [1.165, 1.54) is 0 Å². The fourth-order valence-corrected chi connectivity index (χ4v) is 2.51. The number of aryl methyl sites for hydroxylation is 1. The van der Waals surface area contributed by atoms with Gasteiger partial charge in [0.1, 0.15) is 5.75 Å². The van der Waals surface area contributed by atoms with Gasteiger partial charge in [0.15, 0.2) is 6.10 Å². The number of amides is 1. The lowest BCUT2D eigenvalue weighted by Gasteiger charge is -2.14. The Hall–Kier alpha value is -2.86. The first-order chi connectivity index (χ1) is 12.5. The molecular weight excluding hydrogens is 354 g/mol. The van der Waals surface area contributed by atoms with E-state index in [0.29, 0.717) is 22.5 Å². The third kappa shape index (κ3) is 4.61. The zero-order valence-corrected chi connectivity index (χ0v) is 15.2. The third-order valence-electron chi connectivity index (χ3n) is 3.64. The Morgan fingerprint density at radius 1 is 1.27 bits per heavy atom. The van der Waals surface area contributed by atoms with Crippen LogP contribution in [0.25, 0.3) is 11.4 Å². The van der Waals surface area contributed by atoms with E-state index in [9.17, 15) is 4.79 Å². The molecule has 0 radical (unpaired) electrons. The number of rotatable bonds is 6. The molecule has 1 amide bonds. The largest absolute Gasteiger partial charge is 0.481 e. The van der Waals surface area contributed by atoms with Crippen molar-refractivity contribution in [3.63, 3.8) is 0 Å². The minimum absolute atomic E-state index is 0.126. The third-order valence-corrected chi connectivity index (χ3v) is 3.87. The van der Waals surface area contributed by atoms with Crippen molar-refractivity contribution in [2.24, 2.45) is 0 Å². The van der Waals surface area contributed by atoms with Crippen molar-refractivity contribution < 1.29 is 14.1 Å². The Balaban J connectivity index is 1.56. The number of carbonyl (C=O) groups is 1. The van der Waals surface area contributed by atoms with Crippen LogP contribution < -0.4 is 10.1 Å². The Labute approximate surface area is 156 Å². The lowest BCUT2D eigenvalue weighted by Crippen LogP contribution is -2.35. The van der Waals surface area contributed by atoms with Gasteiger partial charge in [-0.1, -0.05) is 46.6 Å². The molecular formula is C19H18ClN3O3. The van der Waals surface area contributed by atoms with Gasteiger partial charge in [-0.3, -0.25) is 4.79 Å². The Morgan fingerprint density at radius 2 is 2.08 bits per heavy atom. The number of nitrogens with zero attached hydrogens (tertiary/aromatic N) is 2. The molecule has 1 N–H and O–H groups in total. The topological polar surface area (TPSA) is 77.2 Å². The van der Waals surface area contributed by atoms with E-state index >= 15 is 0 Å². The molecule has 3 rings (SSSR count). The van der Waals surface area contributed by atoms with E-state index < -0.39 is 6.10 Å². The van der Waals surface area contributed by atoms with E-state index in [1.807, 2.05) is 31.2 Å². The maximum atomic E-state index is 12.2. The molecule has 6 nitrogen and oxygen atoms in total. The van der Waals surface area contributed by atoms with E-state index in [0.717, 1.165) is 11.1 Å². The Morgan fingerprint density at radius 3 is 2.85 bits per heavy atom. The highest BCUT2D eigenvalue weighted by atomic mass is 35.5. The second-order valence-electron chi connectivity index (χ2n) is 5.82. The van der Waals surface area contributed by atoms with Crippen LogP contribution in [0.5, 0.6) is 5.75 Å².